The van der Waals surface area contributed by atoms with Crippen LogP contribution in [0.15, 0.2) is 24.3 Å². The molecule has 1 aliphatic carbocycles. The third kappa shape index (κ3) is 7.08. The van der Waals surface area contributed by atoms with Gasteiger partial charge in [-0.05, 0) is 117 Å². The number of fused-ring (bicyclic) bond motifs is 2. The van der Waals surface area contributed by atoms with E-state index in [0.29, 0.717) is 11.3 Å². The van der Waals surface area contributed by atoms with Gasteiger partial charge in [0.05, 0.1) is 23.4 Å². The van der Waals surface area contributed by atoms with E-state index in [-0.39, 0.29) is 34.2 Å². The van der Waals surface area contributed by atoms with Gasteiger partial charge in [-0.25, -0.2) is 0 Å². The number of ether oxygens (including phenoxy) is 1. The van der Waals surface area contributed by atoms with E-state index >= 15 is 0 Å². The first-order valence-electron chi connectivity index (χ1n) is 16.0. The number of nitrogen functional groups attached to an aromatic ring is 1. The molecule has 4 nitrogen and oxygen atoms in total. The van der Waals surface area contributed by atoms with E-state index in [9.17, 15) is 0 Å². The lowest BCUT2D eigenvalue weighted by Crippen LogP contribution is -2.61. The number of hydrogen-bond acceptors (Lipinski definition) is 4. The largest absolute Gasteiger partial charge is 0.411 e. The summed E-state index contributed by atoms with van der Waals surface area (Å²) < 4.78 is 21.4. The van der Waals surface area contributed by atoms with E-state index in [4.69, 9.17) is 19.3 Å². The third-order valence-corrected chi connectivity index (χ3v) is 11.1. The number of nitrogens with two attached hydrogens (primary N) is 1. The highest BCUT2D eigenvalue weighted by molar-refractivity contribution is 6.48. The summed E-state index contributed by atoms with van der Waals surface area (Å²) >= 11 is 0. The van der Waals surface area contributed by atoms with Crippen molar-refractivity contribution in [1.82, 2.24) is 0 Å². The quantitative estimate of drug-likeness (QED) is 0.240. The topological polar surface area (TPSA) is 53.7 Å². The van der Waals surface area contributed by atoms with Gasteiger partial charge >= 0.3 is 0 Å². The molecule has 2 saturated heterocycles. The Labute approximate surface area is 255 Å². The van der Waals surface area contributed by atoms with E-state index in [1.54, 1.807) is 0 Å². The minimum absolute atomic E-state index is 0.0333. The van der Waals surface area contributed by atoms with Gasteiger partial charge in [0.25, 0.3) is 0 Å². The van der Waals surface area contributed by atoms with Gasteiger partial charge in [-0.3, -0.25) is 0 Å². The van der Waals surface area contributed by atoms with Crippen molar-refractivity contribution < 1.29 is 13.6 Å². The van der Waals surface area contributed by atoms with Crippen LogP contribution in [-0.4, -0.2) is 41.5 Å². The second kappa shape index (κ2) is 11.5. The molecular weight excluding hydrogens is 539 g/mol. The van der Waals surface area contributed by atoms with Crippen LogP contribution in [0.25, 0.3) is 5.57 Å². The molecule has 2 radical (unpaired) electrons. The molecule has 2 bridgehead atoms. The van der Waals surface area contributed by atoms with Crippen molar-refractivity contribution in [3.8, 4) is 0 Å². The molecule has 2 heterocycles. The highest BCUT2D eigenvalue weighted by Gasteiger charge is 2.64. The predicted octanol–water partition coefficient (Wildman–Crippen LogP) is 9.39. The Balaban J connectivity index is 1.82. The maximum atomic E-state index is 7.54. The van der Waals surface area contributed by atoms with Crippen LogP contribution >= 0.6 is 0 Å². The first-order valence-corrected chi connectivity index (χ1v) is 20.8. The molecule has 1 aromatic rings. The summed E-state index contributed by atoms with van der Waals surface area (Å²) in [4.78, 5) is 0. The Morgan fingerprint density at radius 2 is 1.37 bits per heavy atom. The number of rotatable bonds is 8. The van der Waals surface area contributed by atoms with Crippen LogP contribution in [0.5, 0.6) is 0 Å². The molecule has 0 saturated carbocycles. The van der Waals surface area contributed by atoms with Crippen molar-refractivity contribution in [2.75, 3.05) is 5.73 Å². The lowest BCUT2D eigenvalue weighted by Gasteiger charge is -2.55. The Hall–Kier alpha value is -0.926. The normalized spacial score (nSPS) is 30.0. The minimum Gasteiger partial charge on any atom is -0.411 e. The van der Waals surface area contributed by atoms with Crippen LogP contribution < -0.4 is 5.73 Å². The van der Waals surface area contributed by atoms with Crippen molar-refractivity contribution in [2.45, 2.75) is 156 Å². The smallest absolute Gasteiger partial charge is 0.205 e. The molecule has 6 heteroatoms. The van der Waals surface area contributed by atoms with Gasteiger partial charge in [-0.15, -0.1) is 0 Å². The fraction of sp³-hybridized carbons (Fsp3) is 0.771. The monoisotopic (exact) mass is 597 g/mol. The summed E-state index contributed by atoms with van der Waals surface area (Å²) in [6, 6.07) is 6.89. The minimum atomic E-state index is -0.927. The summed E-state index contributed by atoms with van der Waals surface area (Å²) in [6.07, 6.45) is 9.93. The predicted molar refractivity (Wildman–Crippen MR) is 178 cm³/mol. The molecule has 230 valence electrons. The van der Waals surface area contributed by atoms with Crippen LogP contribution in [0, 0.1) is 16.2 Å². The second-order valence-corrected chi connectivity index (χ2v) is 20.9. The Morgan fingerprint density at radius 1 is 0.854 bits per heavy atom. The summed E-state index contributed by atoms with van der Waals surface area (Å²) in [7, 11) is -1.85. The van der Waals surface area contributed by atoms with Crippen LogP contribution in [0.3, 0.4) is 0 Å². The number of anilines is 1. The molecule has 3 unspecified atom stereocenters. The van der Waals surface area contributed by atoms with E-state index in [0.717, 1.165) is 44.2 Å². The maximum absolute atomic E-state index is 7.54. The van der Waals surface area contributed by atoms with Crippen molar-refractivity contribution in [3.63, 3.8) is 0 Å². The molecule has 2 aliphatic heterocycles. The number of hydrogen-bond donors (Lipinski definition) is 1. The lowest BCUT2D eigenvalue weighted by molar-refractivity contribution is -0.240. The number of allylic oxidation sites excluding steroid dienone is 2. The zero-order valence-corrected chi connectivity index (χ0v) is 30.3. The molecule has 5 atom stereocenters. The van der Waals surface area contributed by atoms with Gasteiger partial charge in [0.15, 0.2) is 0 Å². The molecule has 1 aromatic carbocycles. The highest BCUT2D eigenvalue weighted by Crippen LogP contribution is 2.61. The maximum Gasteiger partial charge on any atom is 0.205 e. The SMILES string of the molecule is C[Si](C)OC(C(C)(C)C)[C@@]12CC[C@@](C(O[Si](C)C)C(C)(C)C)(CC(c3ccc(N)c(C4=CCC(C)(C)CC4)c3)C1)O2. The van der Waals surface area contributed by atoms with E-state index in [1.807, 2.05) is 0 Å². The fourth-order valence-corrected chi connectivity index (χ4v) is 10.1. The van der Waals surface area contributed by atoms with E-state index in [1.165, 1.54) is 23.1 Å². The fourth-order valence-electron chi connectivity index (χ4n) is 7.99. The van der Waals surface area contributed by atoms with Gasteiger partial charge in [-0.2, -0.15) is 0 Å². The average molecular weight is 598 g/mol. The summed E-state index contributed by atoms with van der Waals surface area (Å²) in [6.45, 7) is 27.8. The van der Waals surface area contributed by atoms with Crippen LogP contribution in [0.1, 0.15) is 117 Å². The van der Waals surface area contributed by atoms with Gasteiger partial charge in [0.1, 0.15) is 0 Å². The zero-order valence-electron chi connectivity index (χ0n) is 28.3. The second-order valence-electron chi connectivity index (χ2n) is 16.8. The standard InChI is InChI=1S/C35H59NO3Si2/c1-31(2,3)29(37-40(9)10)34-19-20-35(39-34,30(32(4,5)6)38-41(11)12)23-26(22-34)25-13-14-28(36)27(21-25)24-15-17-33(7,8)18-16-24/h13-15,21,26,29-30H,16-20,22-23,36H2,1-12H3/t26?,29?,30?,34-,35+. The van der Waals surface area contributed by atoms with Gasteiger partial charge in [0, 0.05) is 11.3 Å². The molecule has 3 aliphatic rings. The first-order chi connectivity index (χ1) is 18.8. The van der Waals surface area contributed by atoms with E-state index < -0.39 is 18.1 Å². The Morgan fingerprint density at radius 3 is 1.78 bits per heavy atom. The molecule has 0 aromatic heterocycles. The Kier molecular flexibility index (Phi) is 9.28. The molecular formula is C35H59NO3Si2. The molecule has 2 fully saturated rings. The summed E-state index contributed by atoms with van der Waals surface area (Å²) in [5, 5.41) is 0. The van der Waals surface area contributed by atoms with Crippen LogP contribution in [0.2, 0.25) is 26.2 Å². The van der Waals surface area contributed by atoms with Gasteiger partial charge in [-0.1, -0.05) is 67.5 Å². The highest BCUT2D eigenvalue weighted by atomic mass is 28.3. The van der Waals surface area contributed by atoms with Crippen LogP contribution in [-0.2, 0) is 13.6 Å². The lowest BCUT2D eigenvalue weighted by atomic mass is 9.69. The zero-order chi connectivity index (χ0) is 30.6. The summed E-state index contributed by atoms with van der Waals surface area (Å²) in [5.74, 6) is 0.363. The number of benzene rings is 1. The molecule has 0 amide bonds. The third-order valence-electron chi connectivity index (χ3n) is 9.66. The van der Waals surface area contributed by atoms with Crippen molar-refractivity contribution in [2.24, 2.45) is 16.2 Å². The Bertz CT molecular complexity index is 1070. The van der Waals surface area contributed by atoms with Crippen molar-refractivity contribution >= 4 is 29.3 Å². The summed E-state index contributed by atoms with van der Waals surface area (Å²) in [5.41, 5.74) is 11.3. The molecule has 2 N–H and O–H groups in total. The van der Waals surface area contributed by atoms with Crippen molar-refractivity contribution in [1.29, 1.82) is 0 Å². The van der Waals surface area contributed by atoms with Crippen molar-refractivity contribution in [3.05, 3.63) is 35.4 Å². The molecule has 4 rings (SSSR count). The van der Waals surface area contributed by atoms with Gasteiger partial charge in [0.2, 0.25) is 18.1 Å². The van der Waals surface area contributed by atoms with Gasteiger partial charge < -0.3 is 19.3 Å². The average Bonchev–Trinajstić information content (AvgIpc) is 3.11. The first kappa shape index (κ1) is 33.0. The van der Waals surface area contributed by atoms with Crippen LogP contribution in [0.4, 0.5) is 5.69 Å². The molecule has 0 spiro atoms. The molecule has 41 heavy (non-hydrogen) atoms. The van der Waals surface area contributed by atoms with E-state index in [2.05, 4.69) is 106 Å².